The highest BCUT2D eigenvalue weighted by molar-refractivity contribution is 7.52. The van der Waals surface area contributed by atoms with E-state index in [1.54, 1.807) is 0 Å². The van der Waals surface area contributed by atoms with E-state index in [4.69, 9.17) is 28.0 Å². The third kappa shape index (κ3) is 7.20. The second-order valence-corrected chi connectivity index (χ2v) is 9.67. The summed E-state index contributed by atoms with van der Waals surface area (Å²) in [7, 11) is -4.63. The van der Waals surface area contributed by atoms with Gasteiger partial charge in [-0.15, -0.1) is 0 Å². The lowest BCUT2D eigenvalue weighted by atomic mass is 10.1. The van der Waals surface area contributed by atoms with Crippen LogP contribution in [-0.2, 0) is 20.4 Å². The van der Waals surface area contributed by atoms with Gasteiger partial charge in [-0.2, -0.15) is 13.2 Å². The third-order valence-electron chi connectivity index (χ3n) is 4.68. The fourth-order valence-corrected chi connectivity index (χ4v) is 4.27. The maximum Gasteiger partial charge on any atom is 0.416 e. The molecule has 0 aliphatic heterocycles. The van der Waals surface area contributed by atoms with Crippen LogP contribution in [0.5, 0.6) is 0 Å². The Balaban J connectivity index is 2.15. The van der Waals surface area contributed by atoms with Gasteiger partial charge < -0.3 is 9.79 Å². The van der Waals surface area contributed by atoms with Crippen molar-refractivity contribution in [3.63, 3.8) is 0 Å². The average Bonchev–Trinajstić information content (AvgIpc) is 2.68. The van der Waals surface area contributed by atoms with Gasteiger partial charge in [0.15, 0.2) is 0 Å². The summed E-state index contributed by atoms with van der Waals surface area (Å²) < 4.78 is 50.2. The van der Waals surface area contributed by atoms with Crippen LogP contribution < -0.4 is 0 Å². The summed E-state index contributed by atoms with van der Waals surface area (Å²) >= 11 is 11.8. The summed E-state index contributed by atoms with van der Waals surface area (Å²) in [6.07, 6.45) is -5.43. The maximum absolute atomic E-state index is 12.7. The summed E-state index contributed by atoms with van der Waals surface area (Å²) in [4.78, 5) is 37.2. The Kier molecular flexibility index (Phi) is 8.78. The molecule has 2 atom stereocenters. The SMILES string of the molecule is CC(=O)N(CCC(c1ccc(Cl)c(Cl)c1)P(=O)(O)O)OC(C)c1ccc(C(F)(F)F)cc1. The summed E-state index contributed by atoms with van der Waals surface area (Å²) in [5.41, 5.74) is -1.46. The lowest BCUT2D eigenvalue weighted by Crippen LogP contribution is -2.32. The van der Waals surface area contributed by atoms with Crippen LogP contribution in [0.15, 0.2) is 42.5 Å². The van der Waals surface area contributed by atoms with E-state index in [-0.39, 0.29) is 28.6 Å². The van der Waals surface area contributed by atoms with Crippen LogP contribution in [0.2, 0.25) is 10.0 Å². The number of halogens is 5. The zero-order chi connectivity index (χ0) is 24.3. The lowest BCUT2D eigenvalue weighted by molar-refractivity contribution is -0.203. The number of rotatable bonds is 8. The number of hydrogen-bond donors (Lipinski definition) is 2. The second-order valence-electron chi connectivity index (χ2n) is 7.06. The number of carbonyl (C=O) groups excluding carboxylic acids is 1. The third-order valence-corrected chi connectivity index (χ3v) is 6.79. The first-order valence-electron chi connectivity index (χ1n) is 9.32. The molecule has 0 aromatic heterocycles. The van der Waals surface area contributed by atoms with E-state index in [2.05, 4.69) is 0 Å². The highest BCUT2D eigenvalue weighted by Gasteiger charge is 2.32. The smallest absolute Gasteiger partial charge is 0.324 e. The van der Waals surface area contributed by atoms with Gasteiger partial charge in [0.05, 0.1) is 21.3 Å². The van der Waals surface area contributed by atoms with E-state index in [1.807, 2.05) is 0 Å². The Morgan fingerprint density at radius 3 is 2.12 bits per heavy atom. The molecule has 0 spiro atoms. The Morgan fingerprint density at radius 1 is 1.09 bits per heavy atom. The van der Waals surface area contributed by atoms with Crippen LogP contribution in [0.25, 0.3) is 0 Å². The molecule has 0 aliphatic rings. The minimum atomic E-state index is -4.63. The predicted molar refractivity (Wildman–Crippen MR) is 114 cm³/mol. The fourth-order valence-electron chi connectivity index (χ4n) is 2.97. The quantitative estimate of drug-likeness (QED) is 0.326. The number of alkyl halides is 3. The molecular formula is C20H21Cl2F3NO5P. The van der Waals surface area contributed by atoms with Gasteiger partial charge in [-0.1, -0.05) is 41.4 Å². The summed E-state index contributed by atoms with van der Waals surface area (Å²) in [6, 6.07) is 8.47. The first-order chi connectivity index (χ1) is 14.7. The largest absolute Gasteiger partial charge is 0.416 e. The first kappa shape index (κ1) is 26.6. The molecule has 32 heavy (non-hydrogen) atoms. The number of hydrogen-bond acceptors (Lipinski definition) is 3. The Bertz CT molecular complexity index is 998. The van der Waals surface area contributed by atoms with Crippen molar-refractivity contribution in [1.29, 1.82) is 0 Å². The highest BCUT2D eigenvalue weighted by Crippen LogP contribution is 2.54. The summed E-state index contributed by atoms with van der Waals surface area (Å²) in [5.74, 6) is -0.539. The van der Waals surface area contributed by atoms with Crippen LogP contribution in [0.4, 0.5) is 13.2 Å². The molecule has 6 nitrogen and oxygen atoms in total. The van der Waals surface area contributed by atoms with Crippen molar-refractivity contribution in [2.24, 2.45) is 0 Å². The Hall–Kier alpha value is -1.61. The molecule has 0 saturated heterocycles. The molecule has 0 saturated carbocycles. The van der Waals surface area contributed by atoms with E-state index in [9.17, 15) is 32.3 Å². The van der Waals surface area contributed by atoms with Crippen molar-refractivity contribution in [1.82, 2.24) is 5.06 Å². The van der Waals surface area contributed by atoms with E-state index in [0.717, 1.165) is 17.2 Å². The molecule has 0 radical (unpaired) electrons. The molecule has 2 unspecified atom stereocenters. The maximum atomic E-state index is 12.7. The second kappa shape index (κ2) is 10.5. The monoisotopic (exact) mass is 513 g/mol. The average molecular weight is 514 g/mol. The molecule has 176 valence electrons. The minimum absolute atomic E-state index is 0.123. The van der Waals surface area contributed by atoms with Crippen LogP contribution in [0.3, 0.4) is 0 Å². The molecule has 2 aromatic rings. The molecule has 12 heteroatoms. The van der Waals surface area contributed by atoms with Crippen LogP contribution in [0, 0.1) is 0 Å². The zero-order valence-electron chi connectivity index (χ0n) is 17.0. The van der Waals surface area contributed by atoms with Gasteiger partial charge in [-0.05, 0) is 48.7 Å². The van der Waals surface area contributed by atoms with Crippen molar-refractivity contribution in [3.8, 4) is 0 Å². The Morgan fingerprint density at radius 2 is 1.66 bits per heavy atom. The molecule has 2 aromatic carbocycles. The van der Waals surface area contributed by atoms with Crippen molar-refractivity contribution >= 4 is 36.7 Å². The number of hydroxylamine groups is 2. The topological polar surface area (TPSA) is 87.1 Å². The van der Waals surface area contributed by atoms with Gasteiger partial charge in [0.2, 0.25) is 5.91 Å². The van der Waals surface area contributed by atoms with E-state index in [0.29, 0.717) is 5.56 Å². The first-order valence-corrected chi connectivity index (χ1v) is 11.8. The molecule has 0 fully saturated rings. The minimum Gasteiger partial charge on any atom is -0.324 e. The number of carbonyl (C=O) groups is 1. The number of benzene rings is 2. The van der Waals surface area contributed by atoms with E-state index in [1.165, 1.54) is 44.2 Å². The number of nitrogens with zero attached hydrogens (tertiary/aromatic N) is 1. The van der Waals surface area contributed by atoms with Gasteiger partial charge in [-0.25, -0.2) is 5.06 Å². The van der Waals surface area contributed by atoms with Crippen molar-refractivity contribution in [3.05, 3.63) is 69.2 Å². The summed E-state index contributed by atoms with van der Waals surface area (Å²) in [6.45, 7) is 2.55. The van der Waals surface area contributed by atoms with Gasteiger partial charge >= 0.3 is 13.8 Å². The zero-order valence-corrected chi connectivity index (χ0v) is 19.4. The highest BCUT2D eigenvalue weighted by atomic mass is 35.5. The van der Waals surface area contributed by atoms with Gasteiger partial charge in [0.1, 0.15) is 6.10 Å². The van der Waals surface area contributed by atoms with Crippen LogP contribution >= 0.6 is 30.8 Å². The van der Waals surface area contributed by atoms with Gasteiger partial charge in [-0.3, -0.25) is 14.2 Å². The van der Waals surface area contributed by atoms with Gasteiger partial charge in [0, 0.05) is 13.5 Å². The molecule has 2 N–H and O–H groups in total. The van der Waals surface area contributed by atoms with E-state index < -0.39 is 37.0 Å². The fraction of sp³-hybridized carbons (Fsp3) is 0.350. The normalized spacial score (nSPS) is 14.2. The van der Waals surface area contributed by atoms with Crippen LogP contribution in [0.1, 0.15) is 48.7 Å². The number of amides is 1. The molecule has 2 rings (SSSR count). The van der Waals surface area contributed by atoms with Crippen molar-refractivity contribution in [2.75, 3.05) is 6.54 Å². The molecule has 1 amide bonds. The van der Waals surface area contributed by atoms with E-state index >= 15 is 0 Å². The Labute approximate surface area is 193 Å². The molecular weight excluding hydrogens is 493 g/mol. The lowest BCUT2D eigenvalue weighted by Gasteiger charge is -2.27. The summed E-state index contributed by atoms with van der Waals surface area (Å²) in [5, 5.41) is 1.26. The molecule has 0 heterocycles. The van der Waals surface area contributed by atoms with Crippen molar-refractivity contribution in [2.45, 2.75) is 38.2 Å². The van der Waals surface area contributed by atoms with Crippen LogP contribution in [-0.4, -0.2) is 27.3 Å². The predicted octanol–water partition coefficient (Wildman–Crippen LogP) is 6.16. The van der Waals surface area contributed by atoms with Gasteiger partial charge in [0.25, 0.3) is 0 Å². The standard InChI is InChI=1S/C20H21Cl2F3NO5P/c1-12(14-3-6-16(7-4-14)20(23,24)25)31-26(13(2)27)10-9-19(32(28,29)30)15-5-8-17(21)18(22)11-15/h3-8,11-12,19H,9-10H2,1-2H3,(H2,28,29,30). The molecule has 0 aliphatic carbocycles. The van der Waals surface area contributed by atoms with Crippen molar-refractivity contribution < 1.29 is 37.2 Å². The molecule has 0 bridgehead atoms.